The second-order valence-electron chi connectivity index (χ2n) is 6.37. The van der Waals surface area contributed by atoms with Crippen LogP contribution in [0.3, 0.4) is 0 Å². The zero-order valence-electron chi connectivity index (χ0n) is 10.9. The Bertz CT molecular complexity index is 518. The van der Waals surface area contributed by atoms with Crippen LogP contribution < -0.4 is 0 Å². The fraction of sp³-hybridized carbons (Fsp3) is 0.588. The van der Waals surface area contributed by atoms with Crippen LogP contribution in [-0.2, 0) is 15.6 Å². The summed E-state index contributed by atoms with van der Waals surface area (Å²) in [5.41, 5.74) is 3.07. The fourth-order valence-corrected chi connectivity index (χ4v) is 5.16. The molecule has 2 fully saturated rings. The Morgan fingerprint density at radius 1 is 0.833 bits per heavy atom. The maximum Gasteiger partial charge on any atom is 0.144 e. The summed E-state index contributed by atoms with van der Waals surface area (Å²) in [6, 6.07) is 8.77. The average molecular weight is 240 g/mol. The quantitative estimate of drug-likeness (QED) is 0.672. The van der Waals surface area contributed by atoms with E-state index < -0.39 is 0 Å². The van der Waals surface area contributed by atoms with E-state index in [1.54, 1.807) is 0 Å². The van der Waals surface area contributed by atoms with Gasteiger partial charge in [0.05, 0.1) is 5.41 Å². The molecule has 0 saturated heterocycles. The molecule has 1 heteroatoms. The molecule has 0 aromatic heterocycles. The lowest BCUT2D eigenvalue weighted by Crippen LogP contribution is -2.58. The van der Waals surface area contributed by atoms with Crippen molar-refractivity contribution in [2.24, 2.45) is 0 Å². The van der Waals surface area contributed by atoms with E-state index in [4.69, 9.17) is 0 Å². The molecule has 2 saturated carbocycles. The third kappa shape index (κ3) is 0.989. The molecule has 3 aliphatic carbocycles. The molecular weight excluding hydrogens is 220 g/mol. The number of carbonyl (C=O) groups excluding carboxylic acids is 1. The Labute approximate surface area is 109 Å². The standard InChI is InChI=1S/C17H20O/c18-15-9-12-16-10-5-1-2-6-11-17(15,16)14-8-4-3-7-13(14)16/h3-4,7-8H,1-2,5-6,9-12H2. The van der Waals surface area contributed by atoms with Crippen molar-refractivity contribution in [1.29, 1.82) is 0 Å². The van der Waals surface area contributed by atoms with Crippen molar-refractivity contribution in [2.45, 2.75) is 62.2 Å². The van der Waals surface area contributed by atoms with Gasteiger partial charge < -0.3 is 0 Å². The Kier molecular flexibility index (Phi) is 2.07. The van der Waals surface area contributed by atoms with E-state index in [1.165, 1.54) is 43.2 Å². The van der Waals surface area contributed by atoms with Crippen LogP contribution in [-0.4, -0.2) is 5.78 Å². The first-order valence-electron chi connectivity index (χ1n) is 7.45. The first-order valence-corrected chi connectivity index (χ1v) is 7.45. The molecule has 0 bridgehead atoms. The normalized spacial score (nSPS) is 37.9. The van der Waals surface area contributed by atoms with Crippen molar-refractivity contribution in [2.75, 3.05) is 0 Å². The summed E-state index contributed by atoms with van der Waals surface area (Å²) in [6.45, 7) is 0. The molecule has 0 aliphatic heterocycles. The maximum atomic E-state index is 12.6. The van der Waals surface area contributed by atoms with E-state index in [0.29, 0.717) is 5.78 Å². The number of hydrogen-bond acceptors (Lipinski definition) is 1. The molecule has 2 atom stereocenters. The summed E-state index contributed by atoms with van der Waals surface area (Å²) in [4.78, 5) is 12.6. The van der Waals surface area contributed by atoms with Crippen LogP contribution in [0.2, 0.25) is 0 Å². The molecule has 0 amide bonds. The first-order chi connectivity index (χ1) is 8.81. The largest absolute Gasteiger partial charge is 0.299 e. The highest BCUT2D eigenvalue weighted by Gasteiger charge is 2.68. The molecule has 1 aromatic carbocycles. The van der Waals surface area contributed by atoms with E-state index >= 15 is 0 Å². The Morgan fingerprint density at radius 3 is 2.39 bits per heavy atom. The zero-order valence-corrected chi connectivity index (χ0v) is 10.9. The van der Waals surface area contributed by atoms with Gasteiger partial charge in [-0.05, 0) is 30.4 Å². The predicted molar refractivity (Wildman–Crippen MR) is 71.7 cm³/mol. The van der Waals surface area contributed by atoms with Crippen molar-refractivity contribution in [3.8, 4) is 0 Å². The molecule has 18 heavy (non-hydrogen) atoms. The summed E-state index contributed by atoms with van der Waals surface area (Å²) in [7, 11) is 0. The van der Waals surface area contributed by atoms with Gasteiger partial charge in [0.1, 0.15) is 5.78 Å². The van der Waals surface area contributed by atoms with Crippen LogP contribution in [0, 0.1) is 0 Å². The van der Waals surface area contributed by atoms with Gasteiger partial charge in [-0.15, -0.1) is 0 Å². The number of carbonyl (C=O) groups is 1. The third-order valence-corrected chi connectivity index (χ3v) is 5.88. The van der Waals surface area contributed by atoms with Crippen molar-refractivity contribution in [3.63, 3.8) is 0 Å². The fourth-order valence-electron chi connectivity index (χ4n) is 5.16. The molecule has 4 rings (SSSR count). The van der Waals surface area contributed by atoms with E-state index in [0.717, 1.165) is 19.3 Å². The van der Waals surface area contributed by atoms with Crippen LogP contribution in [0.25, 0.3) is 0 Å². The predicted octanol–water partition coefficient (Wildman–Crippen LogP) is 3.89. The number of fused-ring (bicyclic) bond motifs is 1. The molecule has 0 N–H and O–H groups in total. The Balaban J connectivity index is 1.94. The number of benzene rings is 1. The second-order valence-corrected chi connectivity index (χ2v) is 6.37. The molecule has 3 aliphatic rings. The minimum atomic E-state index is -0.0655. The van der Waals surface area contributed by atoms with E-state index in [1.807, 2.05) is 0 Å². The summed E-state index contributed by atoms with van der Waals surface area (Å²) in [5.74, 6) is 0.545. The van der Waals surface area contributed by atoms with Gasteiger partial charge in [-0.2, -0.15) is 0 Å². The highest BCUT2D eigenvalue weighted by molar-refractivity contribution is 5.99. The first kappa shape index (κ1) is 10.8. The second kappa shape index (κ2) is 3.46. The zero-order chi connectivity index (χ0) is 12.2. The molecule has 1 aromatic rings. The van der Waals surface area contributed by atoms with Crippen molar-refractivity contribution >= 4 is 5.78 Å². The summed E-state index contributed by atoms with van der Waals surface area (Å²) < 4.78 is 0. The molecule has 94 valence electrons. The smallest absolute Gasteiger partial charge is 0.144 e. The molecular formula is C17H20O. The average Bonchev–Trinajstić information content (AvgIpc) is 2.59. The van der Waals surface area contributed by atoms with Crippen molar-refractivity contribution in [1.82, 2.24) is 0 Å². The van der Waals surface area contributed by atoms with Crippen LogP contribution >= 0.6 is 0 Å². The number of rotatable bonds is 0. The van der Waals surface area contributed by atoms with Crippen molar-refractivity contribution in [3.05, 3.63) is 35.4 Å². The van der Waals surface area contributed by atoms with Gasteiger partial charge in [0.15, 0.2) is 0 Å². The van der Waals surface area contributed by atoms with Gasteiger partial charge in [0.25, 0.3) is 0 Å². The monoisotopic (exact) mass is 240 g/mol. The highest BCUT2D eigenvalue weighted by atomic mass is 16.1. The number of Topliss-reactive ketones (excluding diaryl/α,β-unsaturated/α-hetero) is 1. The Morgan fingerprint density at radius 2 is 1.56 bits per heavy atom. The van der Waals surface area contributed by atoms with E-state index in [2.05, 4.69) is 24.3 Å². The minimum absolute atomic E-state index is 0.0655. The van der Waals surface area contributed by atoms with Gasteiger partial charge in [0.2, 0.25) is 0 Å². The van der Waals surface area contributed by atoms with Gasteiger partial charge >= 0.3 is 0 Å². The van der Waals surface area contributed by atoms with Crippen LogP contribution in [0.4, 0.5) is 0 Å². The molecule has 2 unspecified atom stereocenters. The van der Waals surface area contributed by atoms with Crippen molar-refractivity contribution < 1.29 is 4.79 Å². The topological polar surface area (TPSA) is 17.1 Å². The van der Waals surface area contributed by atoms with E-state index in [-0.39, 0.29) is 10.8 Å². The van der Waals surface area contributed by atoms with Crippen LogP contribution in [0.5, 0.6) is 0 Å². The molecule has 1 nitrogen and oxygen atoms in total. The van der Waals surface area contributed by atoms with Gasteiger partial charge in [0, 0.05) is 11.8 Å². The molecule has 0 spiro atoms. The molecule has 0 heterocycles. The minimum Gasteiger partial charge on any atom is -0.299 e. The highest BCUT2D eigenvalue weighted by Crippen LogP contribution is 2.67. The SMILES string of the molecule is O=C1CCC23CCCCCCC12c1ccccc13. The van der Waals surface area contributed by atoms with E-state index in [9.17, 15) is 4.79 Å². The molecule has 0 radical (unpaired) electrons. The summed E-state index contributed by atoms with van der Waals surface area (Å²) in [6.07, 6.45) is 9.50. The summed E-state index contributed by atoms with van der Waals surface area (Å²) >= 11 is 0. The van der Waals surface area contributed by atoms with Crippen LogP contribution in [0.1, 0.15) is 62.5 Å². The third-order valence-electron chi connectivity index (χ3n) is 5.88. The lowest BCUT2D eigenvalue weighted by Gasteiger charge is -2.57. The number of ketones is 1. The number of hydrogen-bond donors (Lipinski definition) is 0. The lowest BCUT2D eigenvalue weighted by atomic mass is 9.44. The maximum absolute atomic E-state index is 12.6. The summed E-state index contributed by atoms with van der Waals surface area (Å²) in [5, 5.41) is 0. The van der Waals surface area contributed by atoms with Gasteiger partial charge in [-0.3, -0.25) is 4.79 Å². The lowest BCUT2D eigenvalue weighted by molar-refractivity contribution is -0.125. The van der Waals surface area contributed by atoms with Crippen LogP contribution in [0.15, 0.2) is 24.3 Å². The van der Waals surface area contributed by atoms with Gasteiger partial charge in [-0.25, -0.2) is 0 Å². The van der Waals surface area contributed by atoms with Gasteiger partial charge in [-0.1, -0.05) is 49.9 Å². The Hall–Kier alpha value is -1.11.